The summed E-state index contributed by atoms with van der Waals surface area (Å²) in [6.07, 6.45) is 1.63. The second kappa shape index (κ2) is 8.20. The lowest BCUT2D eigenvalue weighted by molar-refractivity contribution is -0.119. The van der Waals surface area contributed by atoms with Crippen LogP contribution in [0, 0.1) is 0 Å². The van der Waals surface area contributed by atoms with Crippen molar-refractivity contribution in [3.05, 3.63) is 58.6 Å². The summed E-state index contributed by atoms with van der Waals surface area (Å²) < 4.78 is 32.8. The van der Waals surface area contributed by atoms with Crippen molar-refractivity contribution >= 4 is 43.5 Å². The number of benzene rings is 2. The molecule has 3 rings (SSSR count). The maximum Gasteiger partial charge on any atom is 0.338 e. The van der Waals surface area contributed by atoms with Crippen molar-refractivity contribution in [1.82, 2.24) is 4.72 Å². The summed E-state index contributed by atoms with van der Waals surface area (Å²) in [6, 6.07) is 12.4. The number of carbonyl (C=O) groups excluding carboxylic acids is 2. The third-order valence-electron chi connectivity index (χ3n) is 3.74. The predicted octanol–water partition coefficient (Wildman–Crippen LogP) is 2.69. The first kappa shape index (κ1) is 19.5. The van der Waals surface area contributed by atoms with Gasteiger partial charge in [0.2, 0.25) is 10.0 Å². The maximum absolute atomic E-state index is 12.2. The fraction of sp³-hybridized carbons (Fsp3) is 0.222. The monoisotopic (exact) mass is 452 g/mol. The van der Waals surface area contributed by atoms with Gasteiger partial charge in [0.15, 0.2) is 6.61 Å². The molecule has 7 nitrogen and oxygen atoms in total. The van der Waals surface area contributed by atoms with Crippen LogP contribution in [-0.2, 0) is 19.6 Å². The number of sulfonamides is 1. The van der Waals surface area contributed by atoms with Crippen LogP contribution >= 0.6 is 15.9 Å². The van der Waals surface area contributed by atoms with Crippen molar-refractivity contribution in [2.75, 3.05) is 11.9 Å². The molecule has 1 aliphatic rings. The van der Waals surface area contributed by atoms with Gasteiger partial charge in [0.05, 0.1) is 10.5 Å². The third-order valence-corrected chi connectivity index (χ3v) is 5.79. The van der Waals surface area contributed by atoms with E-state index < -0.39 is 28.5 Å². The second-order valence-corrected chi connectivity index (χ2v) is 8.68. The molecule has 1 fully saturated rings. The summed E-state index contributed by atoms with van der Waals surface area (Å²) in [5.41, 5.74) is 0.628. The largest absolute Gasteiger partial charge is 0.452 e. The Balaban J connectivity index is 1.58. The summed E-state index contributed by atoms with van der Waals surface area (Å²) in [6.45, 7) is -0.480. The SMILES string of the molecule is O=C(COC(=O)c1cccc(S(=O)(=O)NC2CC2)c1)Nc1ccc(Br)cc1. The molecule has 1 saturated carbocycles. The van der Waals surface area contributed by atoms with Crippen LogP contribution in [0.3, 0.4) is 0 Å². The first-order chi connectivity index (χ1) is 12.8. The van der Waals surface area contributed by atoms with Crippen LogP contribution in [0.4, 0.5) is 5.69 Å². The van der Waals surface area contributed by atoms with E-state index in [2.05, 4.69) is 26.0 Å². The molecular formula is C18H17BrN2O5S. The van der Waals surface area contributed by atoms with Crippen molar-refractivity contribution in [1.29, 1.82) is 0 Å². The first-order valence-electron chi connectivity index (χ1n) is 8.18. The van der Waals surface area contributed by atoms with Gasteiger partial charge in [-0.15, -0.1) is 0 Å². The molecule has 0 aromatic heterocycles. The number of rotatable bonds is 7. The van der Waals surface area contributed by atoms with E-state index >= 15 is 0 Å². The molecule has 1 aliphatic carbocycles. The molecule has 2 N–H and O–H groups in total. The van der Waals surface area contributed by atoms with Gasteiger partial charge < -0.3 is 10.1 Å². The van der Waals surface area contributed by atoms with Crippen LogP contribution in [0.15, 0.2) is 57.9 Å². The second-order valence-electron chi connectivity index (χ2n) is 6.05. The van der Waals surface area contributed by atoms with Gasteiger partial charge in [-0.1, -0.05) is 22.0 Å². The van der Waals surface area contributed by atoms with E-state index in [-0.39, 0.29) is 16.5 Å². The summed E-state index contributed by atoms with van der Waals surface area (Å²) in [4.78, 5) is 24.0. The molecule has 9 heteroatoms. The van der Waals surface area contributed by atoms with Gasteiger partial charge in [-0.3, -0.25) is 4.79 Å². The topological polar surface area (TPSA) is 102 Å². The Morgan fingerprint density at radius 2 is 1.81 bits per heavy atom. The fourth-order valence-corrected chi connectivity index (χ4v) is 3.84. The predicted molar refractivity (Wildman–Crippen MR) is 103 cm³/mol. The van der Waals surface area contributed by atoms with Crippen molar-refractivity contribution in [3.8, 4) is 0 Å². The minimum atomic E-state index is -3.67. The molecule has 0 spiro atoms. The average Bonchev–Trinajstić information content (AvgIpc) is 3.45. The Labute approximate surface area is 165 Å². The number of ether oxygens (including phenoxy) is 1. The molecule has 27 heavy (non-hydrogen) atoms. The Morgan fingerprint density at radius 1 is 1.11 bits per heavy atom. The molecule has 0 heterocycles. The van der Waals surface area contributed by atoms with E-state index in [0.717, 1.165) is 17.3 Å². The number of anilines is 1. The fourth-order valence-electron chi connectivity index (χ4n) is 2.22. The van der Waals surface area contributed by atoms with Crippen molar-refractivity contribution in [2.24, 2.45) is 0 Å². The van der Waals surface area contributed by atoms with Crippen LogP contribution in [0.25, 0.3) is 0 Å². The van der Waals surface area contributed by atoms with E-state index in [4.69, 9.17) is 4.74 Å². The molecule has 0 aliphatic heterocycles. The Bertz CT molecular complexity index is 956. The summed E-state index contributed by atoms with van der Waals surface area (Å²) in [5, 5.41) is 2.60. The molecule has 2 aromatic carbocycles. The Kier molecular flexibility index (Phi) is 5.93. The van der Waals surface area contributed by atoms with Crippen LogP contribution in [-0.4, -0.2) is 32.9 Å². The molecular weight excluding hydrogens is 436 g/mol. The van der Waals surface area contributed by atoms with Gasteiger partial charge in [0.25, 0.3) is 5.91 Å². The van der Waals surface area contributed by atoms with E-state index in [1.54, 1.807) is 24.3 Å². The van der Waals surface area contributed by atoms with Crippen molar-refractivity contribution < 1.29 is 22.7 Å². The summed E-state index contributed by atoms with van der Waals surface area (Å²) in [7, 11) is -3.67. The summed E-state index contributed by atoms with van der Waals surface area (Å²) >= 11 is 3.29. The molecule has 0 bridgehead atoms. The number of hydrogen-bond acceptors (Lipinski definition) is 5. The molecule has 142 valence electrons. The van der Waals surface area contributed by atoms with E-state index in [1.165, 1.54) is 24.3 Å². The molecule has 1 amide bonds. The normalized spacial score (nSPS) is 13.8. The van der Waals surface area contributed by atoms with Gasteiger partial charge in [-0.2, -0.15) is 0 Å². The van der Waals surface area contributed by atoms with Gasteiger partial charge in [0, 0.05) is 16.2 Å². The zero-order valence-corrected chi connectivity index (χ0v) is 16.5. The zero-order valence-electron chi connectivity index (χ0n) is 14.1. The highest BCUT2D eigenvalue weighted by Crippen LogP contribution is 2.22. The van der Waals surface area contributed by atoms with E-state index in [9.17, 15) is 18.0 Å². The molecule has 2 aromatic rings. The number of hydrogen-bond donors (Lipinski definition) is 2. The smallest absolute Gasteiger partial charge is 0.338 e. The summed E-state index contributed by atoms with van der Waals surface area (Å²) in [5.74, 6) is -1.27. The number of nitrogens with one attached hydrogen (secondary N) is 2. The highest BCUT2D eigenvalue weighted by atomic mass is 79.9. The first-order valence-corrected chi connectivity index (χ1v) is 10.5. The standard InChI is InChI=1S/C18H17BrN2O5S/c19-13-4-6-14(7-5-13)20-17(22)11-26-18(23)12-2-1-3-16(10-12)27(24,25)21-15-8-9-15/h1-7,10,15,21H,8-9,11H2,(H,20,22). The molecule has 0 atom stereocenters. The number of esters is 1. The Hall–Kier alpha value is -2.23. The average molecular weight is 453 g/mol. The number of halogens is 1. The molecule has 0 radical (unpaired) electrons. The lowest BCUT2D eigenvalue weighted by Gasteiger charge is -2.09. The van der Waals surface area contributed by atoms with Crippen LogP contribution in [0.5, 0.6) is 0 Å². The number of carbonyl (C=O) groups is 2. The van der Waals surface area contributed by atoms with Crippen molar-refractivity contribution in [3.63, 3.8) is 0 Å². The quantitative estimate of drug-likeness (QED) is 0.628. The number of amides is 1. The van der Waals surface area contributed by atoms with E-state index in [0.29, 0.717) is 5.69 Å². The molecule has 0 unspecified atom stereocenters. The highest BCUT2D eigenvalue weighted by Gasteiger charge is 2.28. The lowest BCUT2D eigenvalue weighted by atomic mass is 10.2. The van der Waals surface area contributed by atoms with Crippen molar-refractivity contribution in [2.45, 2.75) is 23.8 Å². The lowest BCUT2D eigenvalue weighted by Crippen LogP contribution is -2.26. The van der Waals surface area contributed by atoms with E-state index in [1.807, 2.05) is 0 Å². The minimum Gasteiger partial charge on any atom is -0.452 e. The minimum absolute atomic E-state index is 0.0110. The molecule has 0 saturated heterocycles. The zero-order chi connectivity index (χ0) is 19.4. The Morgan fingerprint density at radius 3 is 2.48 bits per heavy atom. The van der Waals surface area contributed by atoms with Gasteiger partial charge >= 0.3 is 5.97 Å². The maximum atomic E-state index is 12.2. The van der Waals surface area contributed by atoms with Crippen LogP contribution < -0.4 is 10.0 Å². The van der Waals surface area contributed by atoms with Crippen LogP contribution in [0.2, 0.25) is 0 Å². The van der Waals surface area contributed by atoms with Gasteiger partial charge in [-0.25, -0.2) is 17.9 Å². The van der Waals surface area contributed by atoms with Gasteiger partial charge in [0.1, 0.15) is 0 Å². The highest BCUT2D eigenvalue weighted by molar-refractivity contribution is 9.10. The van der Waals surface area contributed by atoms with Crippen LogP contribution in [0.1, 0.15) is 23.2 Å². The van der Waals surface area contributed by atoms with Gasteiger partial charge in [-0.05, 0) is 55.3 Å². The third kappa shape index (κ3) is 5.62.